The standard InChI is InChI=1S/C19H23N5O4/c1-12-5-7-23(8-6-12)18(26)14-3-4-15(13(2)9-14)20-17(25)11-24-10-16(19(27)28)21-22-24/h3-4,9-10,12H,5-8,11H2,1-2H3,(H,20,25)(H,27,28). The van der Waals surface area contributed by atoms with E-state index in [0.717, 1.165) is 36.2 Å². The molecule has 1 aliphatic rings. The van der Waals surface area contributed by atoms with Gasteiger partial charge < -0.3 is 15.3 Å². The second kappa shape index (κ2) is 8.20. The number of rotatable bonds is 5. The minimum Gasteiger partial charge on any atom is -0.476 e. The van der Waals surface area contributed by atoms with Crippen molar-refractivity contribution in [1.29, 1.82) is 0 Å². The highest BCUT2D eigenvalue weighted by Gasteiger charge is 2.22. The number of carboxylic acids is 1. The van der Waals surface area contributed by atoms with E-state index in [2.05, 4.69) is 22.6 Å². The van der Waals surface area contributed by atoms with Crippen molar-refractivity contribution in [3.63, 3.8) is 0 Å². The molecule has 0 bridgehead atoms. The molecule has 2 heterocycles. The van der Waals surface area contributed by atoms with Gasteiger partial charge in [0.25, 0.3) is 5.91 Å². The first kappa shape index (κ1) is 19.5. The van der Waals surface area contributed by atoms with E-state index < -0.39 is 5.97 Å². The number of piperidine rings is 1. The molecule has 1 fully saturated rings. The van der Waals surface area contributed by atoms with Gasteiger partial charge in [-0.1, -0.05) is 12.1 Å². The molecule has 1 aromatic heterocycles. The summed E-state index contributed by atoms with van der Waals surface area (Å²) in [7, 11) is 0. The molecule has 148 valence electrons. The van der Waals surface area contributed by atoms with Crippen molar-refractivity contribution in [2.45, 2.75) is 33.2 Å². The van der Waals surface area contributed by atoms with Crippen LogP contribution in [0.2, 0.25) is 0 Å². The van der Waals surface area contributed by atoms with Crippen LogP contribution >= 0.6 is 0 Å². The second-order valence-corrected chi connectivity index (χ2v) is 7.16. The molecule has 0 atom stereocenters. The molecule has 1 saturated heterocycles. The van der Waals surface area contributed by atoms with E-state index in [9.17, 15) is 14.4 Å². The monoisotopic (exact) mass is 385 g/mol. The number of aryl methyl sites for hydroxylation is 1. The normalized spacial score (nSPS) is 14.7. The van der Waals surface area contributed by atoms with Crippen LogP contribution in [0.1, 0.15) is 46.2 Å². The number of carbonyl (C=O) groups excluding carboxylic acids is 2. The van der Waals surface area contributed by atoms with Crippen LogP contribution in [0.3, 0.4) is 0 Å². The summed E-state index contributed by atoms with van der Waals surface area (Å²) in [5, 5.41) is 18.7. The average Bonchev–Trinajstić information content (AvgIpc) is 3.12. The zero-order chi connectivity index (χ0) is 20.3. The topological polar surface area (TPSA) is 117 Å². The molecule has 0 radical (unpaired) electrons. The number of benzene rings is 1. The summed E-state index contributed by atoms with van der Waals surface area (Å²) in [6.07, 6.45) is 3.23. The highest BCUT2D eigenvalue weighted by atomic mass is 16.4. The Labute approximate surface area is 162 Å². The molecular formula is C19H23N5O4. The molecule has 2 amide bonds. The van der Waals surface area contributed by atoms with Gasteiger partial charge in [-0.2, -0.15) is 0 Å². The number of amides is 2. The van der Waals surface area contributed by atoms with Gasteiger partial charge in [0.15, 0.2) is 5.69 Å². The molecule has 9 heteroatoms. The third-order valence-electron chi connectivity index (χ3n) is 4.88. The van der Waals surface area contributed by atoms with E-state index in [0.29, 0.717) is 17.2 Å². The minimum atomic E-state index is -1.20. The van der Waals surface area contributed by atoms with Gasteiger partial charge in [-0.3, -0.25) is 9.59 Å². The fourth-order valence-electron chi connectivity index (χ4n) is 3.14. The Balaban J connectivity index is 1.62. The van der Waals surface area contributed by atoms with Crippen LogP contribution in [-0.2, 0) is 11.3 Å². The Morgan fingerprint density at radius 1 is 1.25 bits per heavy atom. The predicted molar refractivity (Wildman–Crippen MR) is 101 cm³/mol. The Morgan fingerprint density at radius 3 is 2.57 bits per heavy atom. The molecule has 9 nitrogen and oxygen atoms in total. The molecular weight excluding hydrogens is 362 g/mol. The molecule has 0 spiro atoms. The number of nitrogens with zero attached hydrogens (tertiary/aromatic N) is 4. The number of aromatic carboxylic acids is 1. The molecule has 2 aromatic rings. The van der Waals surface area contributed by atoms with Gasteiger partial charge in [0.2, 0.25) is 5.91 Å². The van der Waals surface area contributed by atoms with Crippen LogP contribution in [0.4, 0.5) is 5.69 Å². The lowest BCUT2D eigenvalue weighted by Crippen LogP contribution is -2.37. The van der Waals surface area contributed by atoms with E-state index in [-0.39, 0.29) is 24.1 Å². The first-order valence-electron chi connectivity index (χ1n) is 9.16. The van der Waals surface area contributed by atoms with E-state index in [1.54, 1.807) is 18.2 Å². The number of carbonyl (C=O) groups is 3. The third kappa shape index (κ3) is 4.54. The first-order chi connectivity index (χ1) is 13.3. The van der Waals surface area contributed by atoms with Crippen molar-refractivity contribution in [2.24, 2.45) is 5.92 Å². The zero-order valence-corrected chi connectivity index (χ0v) is 15.9. The Kier molecular flexibility index (Phi) is 5.72. The van der Waals surface area contributed by atoms with Gasteiger partial charge in [0, 0.05) is 24.3 Å². The van der Waals surface area contributed by atoms with Gasteiger partial charge in [0.05, 0.1) is 6.20 Å². The number of hydrogen-bond donors (Lipinski definition) is 2. The number of likely N-dealkylation sites (tertiary alicyclic amines) is 1. The summed E-state index contributed by atoms with van der Waals surface area (Å²) in [5.41, 5.74) is 1.74. The number of hydrogen-bond acceptors (Lipinski definition) is 5. The molecule has 2 N–H and O–H groups in total. The van der Waals surface area contributed by atoms with Crippen LogP contribution in [0.5, 0.6) is 0 Å². The van der Waals surface area contributed by atoms with E-state index in [1.807, 2.05) is 11.8 Å². The lowest BCUT2D eigenvalue weighted by Gasteiger charge is -2.30. The summed E-state index contributed by atoms with van der Waals surface area (Å²) < 4.78 is 1.16. The quantitative estimate of drug-likeness (QED) is 0.810. The second-order valence-electron chi connectivity index (χ2n) is 7.16. The van der Waals surface area contributed by atoms with Gasteiger partial charge >= 0.3 is 5.97 Å². The van der Waals surface area contributed by atoms with Gasteiger partial charge in [-0.05, 0) is 49.4 Å². The van der Waals surface area contributed by atoms with Crippen molar-refractivity contribution in [1.82, 2.24) is 19.9 Å². The maximum Gasteiger partial charge on any atom is 0.358 e. The number of carboxylic acid groups (broad SMARTS) is 1. The summed E-state index contributed by atoms with van der Waals surface area (Å²) in [5.74, 6) is -0.906. The smallest absolute Gasteiger partial charge is 0.358 e. The SMILES string of the molecule is Cc1cc(C(=O)N2CCC(C)CC2)ccc1NC(=O)Cn1cc(C(=O)O)nn1. The van der Waals surface area contributed by atoms with Crippen molar-refractivity contribution in [3.8, 4) is 0 Å². The van der Waals surface area contributed by atoms with Crippen LogP contribution < -0.4 is 5.32 Å². The maximum atomic E-state index is 12.7. The zero-order valence-electron chi connectivity index (χ0n) is 15.9. The summed E-state index contributed by atoms with van der Waals surface area (Å²) in [6.45, 7) is 5.40. The lowest BCUT2D eigenvalue weighted by molar-refractivity contribution is -0.116. The maximum absolute atomic E-state index is 12.7. The van der Waals surface area contributed by atoms with E-state index in [4.69, 9.17) is 5.11 Å². The first-order valence-corrected chi connectivity index (χ1v) is 9.16. The van der Waals surface area contributed by atoms with Crippen molar-refractivity contribution in [3.05, 3.63) is 41.2 Å². The van der Waals surface area contributed by atoms with Crippen molar-refractivity contribution < 1.29 is 19.5 Å². The highest BCUT2D eigenvalue weighted by Crippen LogP contribution is 2.21. The number of nitrogens with one attached hydrogen (secondary N) is 1. The molecule has 3 rings (SSSR count). The molecule has 0 unspecified atom stereocenters. The molecule has 0 saturated carbocycles. The van der Waals surface area contributed by atoms with Gasteiger partial charge in [-0.25, -0.2) is 9.48 Å². The fraction of sp³-hybridized carbons (Fsp3) is 0.421. The predicted octanol–water partition coefficient (Wildman–Crippen LogP) is 1.80. The van der Waals surface area contributed by atoms with E-state index in [1.165, 1.54) is 6.20 Å². The van der Waals surface area contributed by atoms with Crippen LogP contribution in [-0.4, -0.2) is 55.9 Å². The Morgan fingerprint density at radius 2 is 1.96 bits per heavy atom. The molecule has 1 aliphatic heterocycles. The molecule has 28 heavy (non-hydrogen) atoms. The Hall–Kier alpha value is -3.23. The van der Waals surface area contributed by atoms with Gasteiger partial charge in [-0.15, -0.1) is 5.10 Å². The summed E-state index contributed by atoms with van der Waals surface area (Å²) >= 11 is 0. The molecule has 1 aromatic carbocycles. The van der Waals surface area contributed by atoms with Crippen LogP contribution in [0, 0.1) is 12.8 Å². The Bertz CT molecular complexity index is 899. The average molecular weight is 385 g/mol. The largest absolute Gasteiger partial charge is 0.476 e. The van der Waals surface area contributed by atoms with Crippen LogP contribution in [0.15, 0.2) is 24.4 Å². The van der Waals surface area contributed by atoms with Crippen molar-refractivity contribution in [2.75, 3.05) is 18.4 Å². The number of aromatic nitrogens is 3. The van der Waals surface area contributed by atoms with Crippen molar-refractivity contribution >= 4 is 23.5 Å². The third-order valence-corrected chi connectivity index (χ3v) is 4.88. The van der Waals surface area contributed by atoms with E-state index >= 15 is 0 Å². The number of anilines is 1. The van der Waals surface area contributed by atoms with Gasteiger partial charge in [0.1, 0.15) is 6.54 Å². The highest BCUT2D eigenvalue weighted by molar-refractivity contribution is 5.96. The lowest BCUT2D eigenvalue weighted by atomic mass is 9.98. The molecule has 0 aliphatic carbocycles. The fourth-order valence-corrected chi connectivity index (χ4v) is 3.14. The summed E-state index contributed by atoms with van der Waals surface area (Å²) in [6, 6.07) is 5.19. The summed E-state index contributed by atoms with van der Waals surface area (Å²) in [4.78, 5) is 37.5. The van der Waals surface area contributed by atoms with Crippen LogP contribution in [0.25, 0.3) is 0 Å². The minimum absolute atomic E-state index is 0.0108.